The zero-order chi connectivity index (χ0) is 19.1. The molecule has 0 saturated heterocycles. The van der Waals surface area contributed by atoms with Crippen LogP contribution in [0.25, 0.3) is 6.08 Å². The molecule has 0 fully saturated rings. The van der Waals surface area contributed by atoms with Gasteiger partial charge in [0.1, 0.15) is 6.17 Å². The summed E-state index contributed by atoms with van der Waals surface area (Å²) >= 11 is 6.33. The predicted octanol–water partition coefficient (Wildman–Crippen LogP) is 6.11. The van der Waals surface area contributed by atoms with E-state index in [-0.39, 0.29) is 11.7 Å². The first-order chi connectivity index (χ1) is 12.3. The van der Waals surface area contributed by atoms with E-state index in [2.05, 4.69) is 4.90 Å². The lowest BCUT2D eigenvalue weighted by atomic mass is 9.98. The van der Waals surface area contributed by atoms with E-state index in [1.54, 1.807) is 6.07 Å². The molecule has 3 rings (SSSR count). The highest BCUT2D eigenvalue weighted by Crippen LogP contribution is 2.41. The molecule has 0 radical (unpaired) electrons. The largest absolute Gasteiger partial charge is 0.416 e. The number of benzene rings is 2. The van der Waals surface area contributed by atoms with Crippen LogP contribution in [-0.4, -0.2) is 18.5 Å². The first-order valence-corrected chi connectivity index (χ1v) is 8.75. The molecule has 1 unspecified atom stereocenters. The summed E-state index contributed by atoms with van der Waals surface area (Å²) in [5.41, 5.74) is 2.03. The Morgan fingerprint density at radius 2 is 1.85 bits per heavy atom. The van der Waals surface area contributed by atoms with E-state index in [4.69, 9.17) is 11.6 Å². The lowest BCUT2D eigenvalue weighted by Gasteiger charge is -2.42. The summed E-state index contributed by atoms with van der Waals surface area (Å²) in [6, 6.07) is 9.96. The summed E-state index contributed by atoms with van der Waals surface area (Å²) in [6.45, 7) is 4.25. The summed E-state index contributed by atoms with van der Waals surface area (Å²) in [4.78, 5) is 3.96. The third-order valence-electron chi connectivity index (χ3n) is 4.83. The van der Waals surface area contributed by atoms with Crippen LogP contribution in [0.15, 0.2) is 42.6 Å². The maximum atomic E-state index is 13.3. The Morgan fingerprint density at radius 1 is 1.15 bits per heavy atom. The molecule has 1 aliphatic heterocycles. The molecular weight excluding hydrogens is 361 g/mol. The minimum absolute atomic E-state index is 0.219. The smallest absolute Gasteiger partial charge is 0.354 e. The number of rotatable bonds is 3. The van der Waals surface area contributed by atoms with Crippen molar-refractivity contribution in [2.75, 3.05) is 18.5 Å². The molecule has 0 bridgehead atoms. The zero-order valence-corrected chi connectivity index (χ0v) is 15.6. The molecule has 0 aromatic heterocycles. The number of alkyl halides is 3. The van der Waals surface area contributed by atoms with E-state index in [1.165, 1.54) is 13.0 Å². The fourth-order valence-corrected chi connectivity index (χ4v) is 3.78. The molecule has 1 heterocycles. The number of anilines is 1. The van der Waals surface area contributed by atoms with Gasteiger partial charge >= 0.3 is 6.18 Å². The van der Waals surface area contributed by atoms with E-state index in [1.807, 2.05) is 49.3 Å². The van der Waals surface area contributed by atoms with Crippen molar-refractivity contribution >= 4 is 23.4 Å². The lowest BCUT2D eigenvalue weighted by molar-refractivity contribution is -0.138. The standard InChI is InChI=1S/C20H20ClF3N2/c1-4-26-12-11-14-15(7-5-9-17(14)21)19(26)25(3)18-10-6-8-16(13(18)2)20(22,23)24/h5-12,19H,4H2,1-3H3. The Hall–Kier alpha value is -2.14. The normalized spacial score (nSPS) is 16.6. The molecule has 0 spiro atoms. The number of nitrogens with zero attached hydrogens (tertiary/aromatic N) is 2. The highest BCUT2D eigenvalue weighted by atomic mass is 35.5. The van der Waals surface area contributed by atoms with Gasteiger partial charge in [-0.3, -0.25) is 0 Å². The highest BCUT2D eigenvalue weighted by Gasteiger charge is 2.35. The average molecular weight is 381 g/mol. The fraction of sp³-hybridized carbons (Fsp3) is 0.300. The van der Waals surface area contributed by atoms with Gasteiger partial charge in [-0.1, -0.05) is 29.8 Å². The Balaban J connectivity index is 2.11. The number of hydrogen-bond donors (Lipinski definition) is 0. The first-order valence-electron chi connectivity index (χ1n) is 8.37. The van der Waals surface area contributed by atoms with Gasteiger partial charge in [-0.2, -0.15) is 13.2 Å². The van der Waals surface area contributed by atoms with Gasteiger partial charge in [0.15, 0.2) is 0 Å². The third kappa shape index (κ3) is 3.16. The molecule has 138 valence electrons. The topological polar surface area (TPSA) is 6.48 Å². The Kier molecular flexibility index (Phi) is 4.93. The molecule has 2 aromatic carbocycles. The van der Waals surface area contributed by atoms with Crippen molar-refractivity contribution in [2.24, 2.45) is 0 Å². The van der Waals surface area contributed by atoms with E-state index >= 15 is 0 Å². The van der Waals surface area contributed by atoms with Gasteiger partial charge in [0, 0.05) is 41.6 Å². The van der Waals surface area contributed by atoms with Gasteiger partial charge in [0.25, 0.3) is 0 Å². The van der Waals surface area contributed by atoms with Gasteiger partial charge in [0.2, 0.25) is 0 Å². The van der Waals surface area contributed by atoms with Crippen molar-refractivity contribution in [1.29, 1.82) is 0 Å². The van der Waals surface area contributed by atoms with Gasteiger partial charge in [-0.15, -0.1) is 0 Å². The number of fused-ring (bicyclic) bond motifs is 1. The molecule has 0 N–H and O–H groups in total. The van der Waals surface area contributed by atoms with Crippen molar-refractivity contribution < 1.29 is 13.2 Å². The van der Waals surface area contributed by atoms with Crippen LogP contribution in [0.5, 0.6) is 0 Å². The molecule has 26 heavy (non-hydrogen) atoms. The van der Waals surface area contributed by atoms with Gasteiger partial charge < -0.3 is 9.80 Å². The Morgan fingerprint density at radius 3 is 2.50 bits per heavy atom. The van der Waals surface area contributed by atoms with Gasteiger partial charge in [-0.05, 0) is 43.7 Å². The van der Waals surface area contributed by atoms with Crippen molar-refractivity contribution in [3.05, 3.63) is 69.9 Å². The fourth-order valence-electron chi connectivity index (χ4n) is 3.54. The van der Waals surface area contributed by atoms with Crippen LogP contribution < -0.4 is 4.90 Å². The summed E-state index contributed by atoms with van der Waals surface area (Å²) < 4.78 is 39.9. The SMILES string of the molecule is CCN1C=Cc2c(Cl)cccc2C1N(C)c1cccc(C(F)(F)F)c1C. The molecular formula is C20H20ClF3N2. The van der Waals surface area contributed by atoms with Crippen LogP contribution in [-0.2, 0) is 6.18 Å². The highest BCUT2D eigenvalue weighted by molar-refractivity contribution is 6.32. The summed E-state index contributed by atoms with van der Waals surface area (Å²) in [5.74, 6) is 0. The van der Waals surface area contributed by atoms with E-state index in [9.17, 15) is 13.2 Å². The minimum Gasteiger partial charge on any atom is -0.354 e. The zero-order valence-electron chi connectivity index (χ0n) is 14.8. The van der Waals surface area contributed by atoms with Crippen LogP contribution in [0.4, 0.5) is 18.9 Å². The first kappa shape index (κ1) is 18.6. The number of hydrogen-bond acceptors (Lipinski definition) is 2. The van der Waals surface area contributed by atoms with Crippen LogP contribution in [0.1, 0.15) is 35.3 Å². The van der Waals surface area contributed by atoms with Crippen LogP contribution >= 0.6 is 11.6 Å². The van der Waals surface area contributed by atoms with Gasteiger partial charge in [0.05, 0.1) is 5.56 Å². The maximum absolute atomic E-state index is 13.3. The average Bonchev–Trinajstić information content (AvgIpc) is 2.59. The molecule has 0 amide bonds. The predicted molar refractivity (Wildman–Crippen MR) is 100 cm³/mol. The second-order valence-electron chi connectivity index (χ2n) is 6.32. The monoisotopic (exact) mass is 380 g/mol. The molecule has 2 nitrogen and oxygen atoms in total. The molecule has 0 saturated carbocycles. The van der Waals surface area contributed by atoms with Crippen molar-refractivity contribution in [3.8, 4) is 0 Å². The van der Waals surface area contributed by atoms with E-state index in [0.717, 1.165) is 23.7 Å². The summed E-state index contributed by atoms with van der Waals surface area (Å²) in [6.07, 6.45) is -0.720. The van der Waals surface area contributed by atoms with Crippen molar-refractivity contribution in [3.63, 3.8) is 0 Å². The molecule has 1 atom stereocenters. The minimum atomic E-state index is -4.38. The second kappa shape index (κ2) is 6.88. The van der Waals surface area contributed by atoms with Crippen LogP contribution in [0.2, 0.25) is 5.02 Å². The molecule has 6 heteroatoms. The van der Waals surface area contributed by atoms with Crippen LogP contribution in [0, 0.1) is 6.92 Å². The molecule has 2 aromatic rings. The van der Waals surface area contributed by atoms with Crippen molar-refractivity contribution in [2.45, 2.75) is 26.2 Å². The summed E-state index contributed by atoms with van der Waals surface area (Å²) in [5, 5.41) is 0.633. The maximum Gasteiger partial charge on any atom is 0.416 e. The molecule has 0 aliphatic carbocycles. The Bertz CT molecular complexity index is 845. The number of halogens is 4. The Labute approximate surface area is 156 Å². The third-order valence-corrected chi connectivity index (χ3v) is 5.16. The quantitative estimate of drug-likeness (QED) is 0.634. The molecule has 1 aliphatic rings. The van der Waals surface area contributed by atoms with E-state index in [0.29, 0.717) is 10.7 Å². The lowest BCUT2D eigenvalue weighted by Crippen LogP contribution is -2.39. The van der Waals surface area contributed by atoms with Gasteiger partial charge in [-0.25, -0.2) is 0 Å². The van der Waals surface area contributed by atoms with Crippen molar-refractivity contribution in [1.82, 2.24) is 4.90 Å². The summed E-state index contributed by atoms with van der Waals surface area (Å²) in [7, 11) is 1.82. The van der Waals surface area contributed by atoms with Crippen LogP contribution in [0.3, 0.4) is 0 Å². The second-order valence-corrected chi connectivity index (χ2v) is 6.73. The van der Waals surface area contributed by atoms with E-state index < -0.39 is 11.7 Å².